The van der Waals surface area contributed by atoms with Gasteiger partial charge in [0.2, 0.25) is 12.1 Å². The zero-order valence-corrected chi connectivity index (χ0v) is 19.7. The molecular formula is C26H23F3N6O2. The van der Waals surface area contributed by atoms with Crippen molar-refractivity contribution in [3.8, 4) is 0 Å². The minimum Gasteiger partial charge on any atom is -0.405 e. The zero-order chi connectivity index (χ0) is 26.6. The van der Waals surface area contributed by atoms with E-state index < -0.39 is 35.7 Å². The molecule has 1 unspecified atom stereocenters. The highest BCUT2D eigenvalue weighted by Gasteiger charge is 2.32. The summed E-state index contributed by atoms with van der Waals surface area (Å²) >= 11 is 0. The number of aliphatic imine (C=N–C) groups is 2. The predicted octanol–water partition coefficient (Wildman–Crippen LogP) is 4.53. The number of hydrogen-bond donors (Lipinski definition) is 3. The Hall–Kier alpha value is -4.54. The van der Waals surface area contributed by atoms with Crippen LogP contribution in [0.2, 0.25) is 0 Å². The molecule has 0 radical (unpaired) electrons. The van der Waals surface area contributed by atoms with Gasteiger partial charge in [-0.3, -0.25) is 15.2 Å². The fourth-order valence-corrected chi connectivity index (χ4v) is 3.79. The number of ether oxygens (including phenoxy) is 1. The number of hydrogen-bond acceptors (Lipinski definition) is 6. The van der Waals surface area contributed by atoms with Crippen molar-refractivity contribution in [2.24, 2.45) is 15.7 Å². The Bertz CT molecular complexity index is 1390. The van der Waals surface area contributed by atoms with E-state index in [0.29, 0.717) is 29.6 Å². The number of aryl methyl sites for hydroxylation is 1. The summed E-state index contributed by atoms with van der Waals surface area (Å²) < 4.78 is 44.6. The number of halogens is 3. The van der Waals surface area contributed by atoms with Crippen molar-refractivity contribution in [1.82, 2.24) is 4.98 Å². The van der Waals surface area contributed by atoms with Crippen LogP contribution in [0.4, 0.5) is 18.9 Å². The Labute approximate surface area is 210 Å². The number of aromatic nitrogens is 1. The highest BCUT2D eigenvalue weighted by atomic mass is 19.4. The molecule has 0 saturated heterocycles. The molecule has 0 saturated carbocycles. The third kappa shape index (κ3) is 5.83. The van der Waals surface area contributed by atoms with E-state index >= 15 is 0 Å². The summed E-state index contributed by atoms with van der Waals surface area (Å²) in [6.45, 7) is 1.79. The summed E-state index contributed by atoms with van der Waals surface area (Å²) in [6, 6.07) is 16.7. The van der Waals surface area contributed by atoms with Crippen LogP contribution in [0.25, 0.3) is 0 Å². The fraction of sp³-hybridized carbons (Fsp3) is 0.192. The van der Waals surface area contributed by atoms with Gasteiger partial charge in [-0.1, -0.05) is 61.9 Å². The number of carbonyl (C=O) groups excluding carboxylic acids is 1. The third-order valence-electron chi connectivity index (χ3n) is 5.46. The Kier molecular flexibility index (Phi) is 7.32. The average Bonchev–Trinajstić information content (AvgIpc) is 3.00. The van der Waals surface area contributed by atoms with Crippen LogP contribution in [-0.2, 0) is 22.1 Å². The highest BCUT2D eigenvalue weighted by molar-refractivity contribution is 6.19. The van der Waals surface area contributed by atoms with E-state index in [9.17, 15) is 18.0 Å². The Morgan fingerprint density at radius 2 is 1.86 bits per heavy atom. The van der Waals surface area contributed by atoms with E-state index in [-0.39, 0.29) is 17.7 Å². The standard InChI is InChI=1S/C26H23F3N6O2/c1-2-8-16-13-17(26(27,28)29)14-32-21(16)22(30)37-25(31)35-23-24(36)33-19-12-7-6-11-18(19)20(34-23)15-9-4-3-5-10-15/h3-7,9-14,23,30H,2,8H2,1H3,(H2,31,35)(H,33,36). The number of benzodiazepines with no additional fused rings is 1. The van der Waals surface area contributed by atoms with Gasteiger partial charge in [-0.15, -0.1) is 0 Å². The molecule has 0 spiro atoms. The van der Waals surface area contributed by atoms with Gasteiger partial charge in [-0.05, 0) is 24.1 Å². The number of para-hydroxylation sites is 1. The van der Waals surface area contributed by atoms with Crippen LogP contribution in [0.15, 0.2) is 76.8 Å². The molecule has 2 heterocycles. The maximum atomic E-state index is 13.1. The number of alkyl halides is 3. The number of nitrogens with one attached hydrogen (secondary N) is 2. The number of rotatable bonds is 5. The molecule has 11 heteroatoms. The van der Waals surface area contributed by atoms with Crippen molar-refractivity contribution < 1.29 is 22.7 Å². The number of carbonyl (C=O) groups is 1. The van der Waals surface area contributed by atoms with Gasteiger partial charge in [0.1, 0.15) is 5.69 Å². The number of pyridine rings is 1. The molecule has 4 rings (SSSR count). The molecule has 2 aromatic carbocycles. The van der Waals surface area contributed by atoms with Crippen LogP contribution in [0.1, 0.15) is 41.3 Å². The summed E-state index contributed by atoms with van der Waals surface area (Å²) in [4.78, 5) is 25.3. The van der Waals surface area contributed by atoms with Gasteiger partial charge < -0.3 is 15.8 Å². The predicted molar refractivity (Wildman–Crippen MR) is 134 cm³/mol. The summed E-state index contributed by atoms with van der Waals surface area (Å²) in [5.74, 6) is -1.17. The number of benzene rings is 2. The van der Waals surface area contributed by atoms with Crippen molar-refractivity contribution in [3.63, 3.8) is 0 Å². The first kappa shape index (κ1) is 25.5. The maximum Gasteiger partial charge on any atom is 0.417 e. The largest absolute Gasteiger partial charge is 0.417 e. The Morgan fingerprint density at radius 3 is 2.57 bits per heavy atom. The van der Waals surface area contributed by atoms with Crippen LogP contribution in [0.3, 0.4) is 0 Å². The number of nitrogens with two attached hydrogens (primary N) is 1. The monoisotopic (exact) mass is 508 g/mol. The SMILES string of the molecule is CCCc1cc(C(F)(F)F)cnc1C(=N)O/C(N)=N/C1N=C(c2ccccc2)c2ccccc2NC1=O. The summed E-state index contributed by atoms with van der Waals surface area (Å²) in [5, 5.41) is 11.0. The molecule has 0 aliphatic carbocycles. The van der Waals surface area contributed by atoms with Crippen molar-refractivity contribution in [2.45, 2.75) is 32.1 Å². The molecule has 37 heavy (non-hydrogen) atoms. The normalized spacial score (nSPS) is 15.8. The zero-order valence-electron chi connectivity index (χ0n) is 19.7. The van der Waals surface area contributed by atoms with E-state index in [4.69, 9.17) is 15.9 Å². The summed E-state index contributed by atoms with van der Waals surface area (Å²) in [7, 11) is 0. The first-order valence-corrected chi connectivity index (χ1v) is 11.4. The van der Waals surface area contributed by atoms with Crippen molar-refractivity contribution in [3.05, 3.63) is 94.8 Å². The van der Waals surface area contributed by atoms with Gasteiger partial charge in [0.05, 0.1) is 17.0 Å². The van der Waals surface area contributed by atoms with Crippen LogP contribution >= 0.6 is 0 Å². The summed E-state index contributed by atoms with van der Waals surface area (Å²) in [5.41, 5.74) is 7.53. The molecule has 1 aliphatic heterocycles. The first-order chi connectivity index (χ1) is 17.7. The molecule has 190 valence electrons. The Balaban J connectivity index is 1.64. The van der Waals surface area contributed by atoms with Crippen molar-refractivity contribution in [2.75, 3.05) is 5.32 Å². The second-order valence-corrected chi connectivity index (χ2v) is 8.13. The number of anilines is 1. The van der Waals surface area contributed by atoms with Gasteiger partial charge in [0.15, 0.2) is 0 Å². The quantitative estimate of drug-likeness (QED) is 0.346. The van der Waals surface area contributed by atoms with Crippen LogP contribution in [-0.4, -0.2) is 34.7 Å². The molecule has 1 amide bonds. The maximum absolute atomic E-state index is 13.1. The van der Waals surface area contributed by atoms with Crippen LogP contribution < -0.4 is 11.1 Å². The van der Waals surface area contributed by atoms with E-state index in [1.54, 1.807) is 19.1 Å². The molecule has 1 aliphatic rings. The number of amides is 1. The van der Waals surface area contributed by atoms with Crippen LogP contribution in [0, 0.1) is 5.41 Å². The fourth-order valence-electron chi connectivity index (χ4n) is 3.79. The van der Waals surface area contributed by atoms with Gasteiger partial charge in [0, 0.05) is 17.3 Å². The highest BCUT2D eigenvalue weighted by Crippen LogP contribution is 2.30. The number of fused-ring (bicyclic) bond motifs is 1. The molecule has 8 nitrogen and oxygen atoms in total. The topological polar surface area (TPSA) is 126 Å². The van der Waals surface area contributed by atoms with E-state index in [0.717, 1.165) is 11.6 Å². The number of nitrogens with zero attached hydrogens (tertiary/aromatic N) is 3. The smallest absolute Gasteiger partial charge is 0.405 e. The van der Waals surface area contributed by atoms with Gasteiger partial charge >= 0.3 is 6.18 Å². The first-order valence-electron chi connectivity index (χ1n) is 11.4. The molecule has 4 N–H and O–H groups in total. The lowest BCUT2D eigenvalue weighted by molar-refractivity contribution is -0.137. The van der Waals surface area contributed by atoms with Gasteiger partial charge in [-0.25, -0.2) is 4.99 Å². The van der Waals surface area contributed by atoms with Gasteiger partial charge in [-0.2, -0.15) is 18.2 Å². The average molecular weight is 509 g/mol. The minimum atomic E-state index is -4.57. The second kappa shape index (κ2) is 10.6. The van der Waals surface area contributed by atoms with E-state index in [1.807, 2.05) is 42.5 Å². The third-order valence-corrected chi connectivity index (χ3v) is 5.46. The second-order valence-electron chi connectivity index (χ2n) is 8.13. The molecule has 0 fully saturated rings. The number of amidine groups is 1. The lowest BCUT2D eigenvalue weighted by Gasteiger charge is -2.13. The molecule has 1 atom stereocenters. The van der Waals surface area contributed by atoms with Crippen LogP contribution in [0.5, 0.6) is 0 Å². The molecule has 0 bridgehead atoms. The summed E-state index contributed by atoms with van der Waals surface area (Å²) in [6.07, 6.45) is -4.52. The lowest BCUT2D eigenvalue weighted by Crippen LogP contribution is -2.29. The molecule has 3 aromatic rings. The lowest BCUT2D eigenvalue weighted by atomic mass is 10.0. The van der Waals surface area contributed by atoms with Gasteiger partial charge in [0.25, 0.3) is 11.9 Å². The minimum absolute atomic E-state index is 0.0980. The van der Waals surface area contributed by atoms with Crippen molar-refractivity contribution >= 4 is 29.2 Å². The van der Waals surface area contributed by atoms with Crippen molar-refractivity contribution in [1.29, 1.82) is 5.41 Å². The van der Waals surface area contributed by atoms with E-state index in [1.165, 1.54) is 0 Å². The van der Waals surface area contributed by atoms with E-state index in [2.05, 4.69) is 20.3 Å². The molecule has 1 aromatic heterocycles. The molecular weight excluding hydrogens is 485 g/mol. The Morgan fingerprint density at radius 1 is 1.16 bits per heavy atom.